The van der Waals surface area contributed by atoms with Crippen molar-refractivity contribution in [3.63, 3.8) is 0 Å². The van der Waals surface area contributed by atoms with Crippen LogP contribution in [-0.2, 0) is 20.9 Å². The molecule has 1 aromatic carbocycles. The Morgan fingerprint density at radius 1 is 1.27 bits per heavy atom. The molecular formula is C18H14N2O5S. The summed E-state index contributed by atoms with van der Waals surface area (Å²) in [6, 6.07) is 10.8. The molecule has 1 N–H and O–H groups in total. The number of fused-ring (bicyclic) bond motifs is 1. The molecule has 0 radical (unpaired) electrons. The number of ether oxygens (including phenoxy) is 2. The largest absolute Gasteiger partial charge is 0.478 e. The first-order valence-electron chi connectivity index (χ1n) is 7.89. The third-order valence-electron chi connectivity index (χ3n) is 3.72. The smallest absolute Gasteiger partial charge is 0.310 e. The number of nitrogens with one attached hydrogen (secondary N) is 1. The quantitative estimate of drug-likeness (QED) is 0.694. The fraction of sp³-hybridized carbons (Fsp3) is 0.167. The van der Waals surface area contributed by atoms with E-state index in [9.17, 15) is 9.59 Å². The summed E-state index contributed by atoms with van der Waals surface area (Å²) in [6.45, 7) is -0.0291. The number of rotatable bonds is 5. The fourth-order valence-corrected chi connectivity index (χ4v) is 3.13. The molecule has 3 heterocycles. The lowest BCUT2D eigenvalue weighted by Gasteiger charge is -2.25. The minimum Gasteiger partial charge on any atom is -0.478 e. The lowest BCUT2D eigenvalue weighted by Crippen LogP contribution is -2.38. The van der Waals surface area contributed by atoms with E-state index in [1.807, 2.05) is 17.5 Å². The van der Waals surface area contributed by atoms with E-state index < -0.39 is 12.1 Å². The SMILES string of the molecule is O=C(CC1Oc2ccccc2NC1=O)OCc1coc(-c2cccs2)n1. The maximum absolute atomic E-state index is 12.0. The molecule has 3 aromatic rings. The van der Waals surface area contributed by atoms with Crippen molar-refractivity contribution in [1.29, 1.82) is 0 Å². The van der Waals surface area contributed by atoms with Gasteiger partial charge in [0.15, 0.2) is 6.10 Å². The van der Waals surface area contributed by atoms with Crippen LogP contribution in [0, 0.1) is 0 Å². The number of benzene rings is 1. The molecule has 0 spiro atoms. The summed E-state index contributed by atoms with van der Waals surface area (Å²) in [5, 5.41) is 4.63. The first-order valence-corrected chi connectivity index (χ1v) is 8.77. The average Bonchev–Trinajstić information content (AvgIpc) is 3.32. The van der Waals surface area contributed by atoms with Gasteiger partial charge in [-0.15, -0.1) is 11.3 Å². The van der Waals surface area contributed by atoms with Crippen molar-refractivity contribution in [3.05, 3.63) is 53.7 Å². The van der Waals surface area contributed by atoms with Crippen molar-refractivity contribution < 1.29 is 23.5 Å². The van der Waals surface area contributed by atoms with Gasteiger partial charge in [-0.25, -0.2) is 4.98 Å². The summed E-state index contributed by atoms with van der Waals surface area (Å²) in [5.74, 6) is 0.0897. The molecule has 4 rings (SSSR count). The normalized spacial score (nSPS) is 15.7. The number of carbonyl (C=O) groups excluding carboxylic acids is 2. The third-order valence-corrected chi connectivity index (χ3v) is 4.58. The Balaban J connectivity index is 1.33. The molecule has 26 heavy (non-hydrogen) atoms. The zero-order valence-electron chi connectivity index (χ0n) is 13.5. The Hall–Kier alpha value is -3.13. The van der Waals surface area contributed by atoms with Crippen LogP contribution in [-0.4, -0.2) is 23.0 Å². The summed E-state index contributed by atoms with van der Waals surface area (Å²) in [6.07, 6.45) is 0.342. The molecule has 0 aliphatic carbocycles. The van der Waals surface area contributed by atoms with Gasteiger partial charge < -0.3 is 19.2 Å². The van der Waals surface area contributed by atoms with Gasteiger partial charge in [-0.05, 0) is 23.6 Å². The van der Waals surface area contributed by atoms with Gasteiger partial charge in [0.2, 0.25) is 5.89 Å². The predicted molar refractivity (Wildman–Crippen MR) is 93.7 cm³/mol. The standard InChI is InChI=1S/C18H14N2O5S/c21-16(8-14-17(22)20-12-4-1-2-5-13(12)25-14)23-9-11-10-24-18(19-11)15-6-3-7-26-15/h1-7,10,14H,8-9H2,(H,20,22). The number of nitrogens with zero attached hydrogens (tertiary/aromatic N) is 1. The highest BCUT2D eigenvalue weighted by atomic mass is 32.1. The minimum atomic E-state index is -0.920. The summed E-state index contributed by atoms with van der Waals surface area (Å²) >= 11 is 1.51. The van der Waals surface area contributed by atoms with Gasteiger partial charge in [0.25, 0.3) is 5.91 Å². The number of anilines is 1. The van der Waals surface area contributed by atoms with E-state index in [1.165, 1.54) is 17.6 Å². The molecule has 1 unspecified atom stereocenters. The van der Waals surface area contributed by atoms with Crippen molar-refractivity contribution in [2.75, 3.05) is 5.32 Å². The number of amides is 1. The van der Waals surface area contributed by atoms with Gasteiger partial charge in [0.05, 0.1) is 17.0 Å². The van der Waals surface area contributed by atoms with Gasteiger partial charge in [-0.3, -0.25) is 9.59 Å². The van der Waals surface area contributed by atoms with E-state index in [0.717, 1.165) is 4.88 Å². The Bertz CT molecular complexity index is 935. The molecule has 0 fully saturated rings. The summed E-state index contributed by atoms with van der Waals surface area (Å²) in [7, 11) is 0. The van der Waals surface area contributed by atoms with Crippen LogP contribution in [0.2, 0.25) is 0 Å². The number of thiophene rings is 1. The number of aromatic nitrogens is 1. The highest BCUT2D eigenvalue weighted by molar-refractivity contribution is 7.13. The Labute approximate surface area is 152 Å². The van der Waals surface area contributed by atoms with Crippen LogP contribution in [0.4, 0.5) is 5.69 Å². The molecular weight excluding hydrogens is 356 g/mol. The van der Waals surface area contributed by atoms with Crippen molar-refractivity contribution >= 4 is 28.9 Å². The summed E-state index contributed by atoms with van der Waals surface area (Å²) in [5.41, 5.74) is 1.09. The number of esters is 1. The van der Waals surface area contributed by atoms with Gasteiger partial charge >= 0.3 is 5.97 Å². The summed E-state index contributed by atoms with van der Waals surface area (Å²) in [4.78, 5) is 29.2. The van der Waals surface area contributed by atoms with E-state index in [4.69, 9.17) is 13.9 Å². The molecule has 2 aromatic heterocycles. The zero-order chi connectivity index (χ0) is 17.9. The molecule has 1 aliphatic heterocycles. The Morgan fingerprint density at radius 3 is 3.00 bits per heavy atom. The van der Waals surface area contributed by atoms with E-state index in [-0.39, 0.29) is 18.9 Å². The number of para-hydroxylation sites is 2. The van der Waals surface area contributed by atoms with Crippen LogP contribution < -0.4 is 10.1 Å². The van der Waals surface area contributed by atoms with E-state index >= 15 is 0 Å². The average molecular weight is 370 g/mol. The zero-order valence-corrected chi connectivity index (χ0v) is 14.3. The molecule has 0 saturated heterocycles. The van der Waals surface area contributed by atoms with Gasteiger partial charge in [-0.2, -0.15) is 0 Å². The maximum atomic E-state index is 12.0. The van der Waals surface area contributed by atoms with Gasteiger partial charge in [-0.1, -0.05) is 18.2 Å². The molecule has 132 valence electrons. The summed E-state index contributed by atoms with van der Waals surface area (Å²) < 4.78 is 16.1. The van der Waals surface area contributed by atoms with Crippen molar-refractivity contribution in [1.82, 2.24) is 4.98 Å². The van der Waals surface area contributed by atoms with E-state index in [0.29, 0.717) is 23.0 Å². The topological polar surface area (TPSA) is 90.7 Å². The van der Waals surface area contributed by atoms with Crippen LogP contribution in [0.15, 0.2) is 52.5 Å². The van der Waals surface area contributed by atoms with Crippen LogP contribution >= 0.6 is 11.3 Å². The van der Waals surface area contributed by atoms with Crippen LogP contribution in [0.5, 0.6) is 5.75 Å². The fourth-order valence-electron chi connectivity index (χ4n) is 2.48. The van der Waals surface area contributed by atoms with Gasteiger partial charge in [0.1, 0.15) is 24.3 Å². The number of oxazole rings is 1. The van der Waals surface area contributed by atoms with Crippen molar-refractivity contribution in [3.8, 4) is 16.5 Å². The number of hydrogen-bond acceptors (Lipinski definition) is 7. The molecule has 0 saturated carbocycles. The highest BCUT2D eigenvalue weighted by Crippen LogP contribution is 2.29. The molecule has 8 heteroatoms. The third kappa shape index (κ3) is 3.45. The van der Waals surface area contributed by atoms with Crippen LogP contribution in [0.3, 0.4) is 0 Å². The number of carbonyl (C=O) groups is 2. The van der Waals surface area contributed by atoms with E-state index in [2.05, 4.69) is 10.3 Å². The maximum Gasteiger partial charge on any atom is 0.310 e. The van der Waals surface area contributed by atoms with E-state index in [1.54, 1.807) is 24.3 Å². The first-order chi connectivity index (χ1) is 12.7. The van der Waals surface area contributed by atoms with Crippen molar-refractivity contribution in [2.45, 2.75) is 19.1 Å². The first kappa shape index (κ1) is 16.3. The molecule has 0 bridgehead atoms. The van der Waals surface area contributed by atoms with Crippen molar-refractivity contribution in [2.24, 2.45) is 0 Å². The number of hydrogen-bond donors (Lipinski definition) is 1. The van der Waals surface area contributed by atoms with Crippen LogP contribution in [0.25, 0.3) is 10.8 Å². The second-order valence-corrected chi connectivity index (χ2v) is 6.53. The molecule has 1 amide bonds. The lowest BCUT2D eigenvalue weighted by molar-refractivity contribution is -0.149. The lowest BCUT2D eigenvalue weighted by atomic mass is 10.1. The second kappa shape index (κ2) is 7.01. The van der Waals surface area contributed by atoms with Crippen LogP contribution in [0.1, 0.15) is 12.1 Å². The Morgan fingerprint density at radius 2 is 2.15 bits per heavy atom. The Kier molecular flexibility index (Phi) is 4.40. The molecule has 7 nitrogen and oxygen atoms in total. The van der Waals surface area contributed by atoms with Gasteiger partial charge in [0, 0.05) is 0 Å². The highest BCUT2D eigenvalue weighted by Gasteiger charge is 2.30. The molecule has 1 atom stereocenters. The monoisotopic (exact) mass is 370 g/mol. The minimum absolute atomic E-state index is 0.0291. The predicted octanol–water partition coefficient (Wildman–Crippen LogP) is 3.24. The molecule has 1 aliphatic rings. The second-order valence-electron chi connectivity index (χ2n) is 5.58.